The molecule has 32 heavy (non-hydrogen) atoms. The molecule has 0 saturated carbocycles. The van der Waals surface area contributed by atoms with E-state index in [0.29, 0.717) is 18.9 Å². The van der Waals surface area contributed by atoms with Crippen LogP contribution >= 0.6 is 0 Å². The summed E-state index contributed by atoms with van der Waals surface area (Å²) in [6, 6.07) is 16.9. The number of aliphatic hydroxyl groups is 1. The molecule has 0 spiro atoms. The number of nitrogens with zero attached hydrogens (tertiary/aromatic N) is 2. The van der Waals surface area contributed by atoms with Crippen LogP contribution in [0.2, 0.25) is 0 Å². The Hall–Kier alpha value is -3.12. The predicted molar refractivity (Wildman–Crippen MR) is 123 cm³/mol. The maximum atomic E-state index is 13.9. The zero-order valence-electron chi connectivity index (χ0n) is 18.5. The van der Waals surface area contributed by atoms with Gasteiger partial charge in [-0.25, -0.2) is 9.37 Å². The fourth-order valence-electron chi connectivity index (χ4n) is 4.09. The largest absolute Gasteiger partial charge is 0.470 e. The fraction of sp³-hybridized carbons (Fsp3) is 0.346. The highest BCUT2D eigenvalue weighted by atomic mass is 19.1. The molecule has 2 heterocycles. The Labute approximate surface area is 188 Å². The lowest BCUT2D eigenvalue weighted by Gasteiger charge is -2.23. The Balaban J connectivity index is 1.51. The highest BCUT2D eigenvalue weighted by Gasteiger charge is 2.27. The molecular formula is C26H29FN2O3. The van der Waals surface area contributed by atoms with Crippen LogP contribution in [0.1, 0.15) is 37.3 Å². The van der Waals surface area contributed by atoms with Gasteiger partial charge in [-0.15, -0.1) is 0 Å². The molecule has 0 aliphatic carbocycles. The highest BCUT2D eigenvalue weighted by molar-refractivity contribution is 5.58. The average Bonchev–Trinajstić information content (AvgIpc) is 3.24. The number of ether oxygens (including phenoxy) is 2. The second-order valence-electron chi connectivity index (χ2n) is 8.32. The number of aliphatic hydroxyl groups excluding tert-OH is 1. The SMILES string of the molecule is CC(C)c1ccccc1Oc1ccc(N2CCC(Oc3ncccc3F)C2)c(CCO)c1. The minimum Gasteiger partial charge on any atom is -0.470 e. The van der Waals surface area contributed by atoms with Gasteiger partial charge in [0.25, 0.3) is 5.88 Å². The molecule has 1 saturated heterocycles. The topological polar surface area (TPSA) is 54.8 Å². The summed E-state index contributed by atoms with van der Waals surface area (Å²) in [5.41, 5.74) is 3.20. The molecule has 1 atom stereocenters. The van der Waals surface area contributed by atoms with Crippen LogP contribution in [0.15, 0.2) is 60.8 Å². The van der Waals surface area contributed by atoms with Gasteiger partial charge in [0.15, 0.2) is 5.82 Å². The normalized spacial score (nSPS) is 15.9. The standard InChI is InChI=1S/C26H29FN2O3/c1-18(2)22-6-3-4-8-25(22)31-20-9-10-24(19(16-20)12-15-30)29-14-11-21(17-29)32-26-23(27)7-5-13-28-26/h3-10,13,16,18,21,30H,11-12,14-15,17H2,1-2H3. The van der Waals surface area contributed by atoms with Crippen molar-refractivity contribution in [1.82, 2.24) is 4.98 Å². The first-order chi connectivity index (χ1) is 15.5. The van der Waals surface area contributed by atoms with Crippen LogP contribution in [-0.4, -0.2) is 35.9 Å². The second kappa shape index (κ2) is 10.0. The molecule has 1 aliphatic rings. The molecule has 0 bridgehead atoms. The van der Waals surface area contributed by atoms with Gasteiger partial charge in [0.1, 0.15) is 17.6 Å². The van der Waals surface area contributed by atoms with E-state index in [0.717, 1.165) is 41.3 Å². The number of anilines is 1. The first kappa shape index (κ1) is 22.1. The number of hydrogen-bond donors (Lipinski definition) is 1. The number of pyridine rings is 1. The van der Waals surface area contributed by atoms with Gasteiger partial charge >= 0.3 is 0 Å². The summed E-state index contributed by atoms with van der Waals surface area (Å²) < 4.78 is 25.9. The molecule has 1 fully saturated rings. The van der Waals surface area contributed by atoms with E-state index in [1.54, 1.807) is 6.07 Å². The molecule has 0 radical (unpaired) electrons. The van der Waals surface area contributed by atoms with Gasteiger partial charge in [-0.2, -0.15) is 0 Å². The lowest BCUT2D eigenvalue weighted by molar-refractivity contribution is 0.205. The number of halogens is 1. The van der Waals surface area contributed by atoms with Crippen LogP contribution in [0.4, 0.5) is 10.1 Å². The molecule has 0 amide bonds. The molecule has 1 unspecified atom stereocenters. The Morgan fingerprint density at radius 1 is 1.16 bits per heavy atom. The van der Waals surface area contributed by atoms with E-state index in [-0.39, 0.29) is 18.6 Å². The van der Waals surface area contributed by atoms with Crippen LogP contribution in [0, 0.1) is 5.82 Å². The van der Waals surface area contributed by atoms with Gasteiger partial charge in [0.2, 0.25) is 0 Å². The number of aromatic nitrogens is 1. The van der Waals surface area contributed by atoms with Crippen molar-refractivity contribution in [2.75, 3.05) is 24.6 Å². The van der Waals surface area contributed by atoms with Crippen molar-refractivity contribution in [3.05, 3.63) is 77.7 Å². The quantitative estimate of drug-likeness (QED) is 0.517. The maximum Gasteiger partial charge on any atom is 0.250 e. The smallest absolute Gasteiger partial charge is 0.250 e. The first-order valence-electron chi connectivity index (χ1n) is 11.1. The molecule has 2 aromatic carbocycles. The summed E-state index contributed by atoms with van der Waals surface area (Å²) in [6.07, 6.45) is 2.68. The van der Waals surface area contributed by atoms with Gasteiger partial charge in [0, 0.05) is 31.5 Å². The van der Waals surface area contributed by atoms with Crippen molar-refractivity contribution in [3.63, 3.8) is 0 Å². The van der Waals surface area contributed by atoms with E-state index in [1.807, 2.05) is 36.4 Å². The van der Waals surface area contributed by atoms with E-state index >= 15 is 0 Å². The molecule has 1 aromatic heterocycles. The van der Waals surface area contributed by atoms with Crippen molar-refractivity contribution in [1.29, 1.82) is 0 Å². The van der Waals surface area contributed by atoms with E-state index in [1.165, 1.54) is 12.3 Å². The molecular weight excluding hydrogens is 407 g/mol. The van der Waals surface area contributed by atoms with Crippen LogP contribution in [-0.2, 0) is 6.42 Å². The Kier molecular flexibility index (Phi) is 6.90. The Bertz CT molecular complexity index is 1060. The third-order valence-corrected chi connectivity index (χ3v) is 5.69. The van der Waals surface area contributed by atoms with Gasteiger partial charge in [-0.1, -0.05) is 32.0 Å². The van der Waals surface area contributed by atoms with E-state index in [9.17, 15) is 9.50 Å². The number of hydrogen-bond acceptors (Lipinski definition) is 5. The van der Waals surface area contributed by atoms with Gasteiger partial charge in [0.05, 0.1) is 6.54 Å². The van der Waals surface area contributed by atoms with Crippen molar-refractivity contribution in [2.45, 2.75) is 38.7 Å². The van der Waals surface area contributed by atoms with Crippen molar-refractivity contribution in [3.8, 4) is 17.4 Å². The average molecular weight is 437 g/mol. The molecule has 1 aliphatic heterocycles. The van der Waals surface area contributed by atoms with Crippen LogP contribution < -0.4 is 14.4 Å². The summed E-state index contributed by atoms with van der Waals surface area (Å²) >= 11 is 0. The van der Waals surface area contributed by atoms with E-state index in [4.69, 9.17) is 9.47 Å². The number of rotatable bonds is 8. The van der Waals surface area contributed by atoms with E-state index < -0.39 is 5.82 Å². The lowest BCUT2D eigenvalue weighted by Crippen LogP contribution is -2.26. The van der Waals surface area contributed by atoms with Crippen molar-refractivity contribution < 1.29 is 19.0 Å². The molecule has 1 N–H and O–H groups in total. The summed E-state index contributed by atoms with van der Waals surface area (Å²) in [4.78, 5) is 6.20. The van der Waals surface area contributed by atoms with Crippen LogP contribution in [0.5, 0.6) is 17.4 Å². The predicted octanol–water partition coefficient (Wildman–Crippen LogP) is 5.33. The lowest BCUT2D eigenvalue weighted by atomic mass is 10.0. The van der Waals surface area contributed by atoms with Gasteiger partial charge in [-0.3, -0.25) is 0 Å². The molecule has 3 aromatic rings. The van der Waals surface area contributed by atoms with Crippen molar-refractivity contribution >= 4 is 5.69 Å². The zero-order chi connectivity index (χ0) is 22.5. The van der Waals surface area contributed by atoms with Crippen LogP contribution in [0.3, 0.4) is 0 Å². The minimum atomic E-state index is -0.449. The maximum absolute atomic E-state index is 13.9. The highest BCUT2D eigenvalue weighted by Crippen LogP contribution is 2.34. The number of para-hydroxylation sites is 1. The monoisotopic (exact) mass is 436 g/mol. The summed E-state index contributed by atoms with van der Waals surface area (Å²) in [6.45, 7) is 5.75. The Morgan fingerprint density at radius 2 is 2.00 bits per heavy atom. The van der Waals surface area contributed by atoms with Gasteiger partial charge < -0.3 is 19.5 Å². The molecule has 6 heteroatoms. The zero-order valence-corrected chi connectivity index (χ0v) is 18.5. The third kappa shape index (κ3) is 5.02. The second-order valence-corrected chi connectivity index (χ2v) is 8.32. The van der Waals surface area contributed by atoms with Crippen molar-refractivity contribution in [2.24, 2.45) is 0 Å². The van der Waals surface area contributed by atoms with Gasteiger partial charge in [-0.05, 0) is 59.9 Å². The minimum absolute atomic E-state index is 0.0440. The first-order valence-corrected chi connectivity index (χ1v) is 11.1. The van der Waals surface area contributed by atoms with Crippen LogP contribution in [0.25, 0.3) is 0 Å². The fourth-order valence-corrected chi connectivity index (χ4v) is 4.09. The van der Waals surface area contributed by atoms with E-state index in [2.05, 4.69) is 29.8 Å². The number of benzene rings is 2. The third-order valence-electron chi connectivity index (χ3n) is 5.69. The molecule has 168 valence electrons. The summed E-state index contributed by atoms with van der Waals surface area (Å²) in [7, 11) is 0. The Morgan fingerprint density at radius 3 is 2.78 bits per heavy atom. The summed E-state index contributed by atoms with van der Waals surface area (Å²) in [5, 5.41) is 9.63. The molecule has 5 nitrogen and oxygen atoms in total. The summed E-state index contributed by atoms with van der Waals surface area (Å²) in [5.74, 6) is 1.54. The molecule has 4 rings (SSSR count).